The highest BCUT2D eigenvalue weighted by molar-refractivity contribution is 6.35. The fraction of sp³-hybridized carbons (Fsp3) is 0.610. The van der Waals surface area contributed by atoms with Crippen molar-refractivity contribution in [3.63, 3.8) is 0 Å². The zero-order chi connectivity index (χ0) is 38.1. The smallest absolute Gasteiger partial charge is 0.410 e. The molecule has 290 valence electrons. The Kier molecular flexibility index (Phi) is 9.92. The van der Waals surface area contributed by atoms with Crippen molar-refractivity contribution in [1.82, 2.24) is 29.5 Å². The van der Waals surface area contributed by atoms with E-state index in [1.165, 1.54) is 6.42 Å². The van der Waals surface area contributed by atoms with Gasteiger partial charge < -0.3 is 19.7 Å². The normalized spacial score (nSPS) is 25.8. The number of hydrogen-bond acceptors (Lipinski definition) is 9. The molecular formula is C41H54ClFN8O3. The third-order valence-electron chi connectivity index (χ3n) is 11.7. The van der Waals surface area contributed by atoms with Gasteiger partial charge in [0.1, 0.15) is 16.9 Å². The number of nitrogens with one attached hydrogen (secondary N) is 1. The van der Waals surface area contributed by atoms with Crippen LogP contribution in [0.2, 0.25) is 5.02 Å². The van der Waals surface area contributed by atoms with E-state index in [4.69, 9.17) is 36.1 Å². The Bertz CT molecular complexity index is 2040. The Hall–Kier alpha value is -3.74. The number of piperidine rings is 1. The van der Waals surface area contributed by atoms with Gasteiger partial charge in [-0.25, -0.2) is 18.9 Å². The standard InChI is InChI=1S/C41H54ClFN8O3/c1-23-11-12-27-20-44-51(32-10-8-9-17-53-32)37(27)33(23)34-30(42)19-29-36(35(34)43)46-39(45-28-13-15-48(16-14-28)31-18-24(31)2)47-38(29)49-21-25(3)50(26(4)22-49)40(52)54-41(5,6)7/h11-12,19-20,24-26,28,31-32H,8-10,13-18,21-22H2,1-7H3,(H,45,46,47)/t24-,25-,26+,31?,32?/m1/s1. The number of ether oxygens (including phenoxy) is 2. The Morgan fingerprint density at radius 3 is 2.41 bits per heavy atom. The lowest BCUT2D eigenvalue weighted by Crippen LogP contribution is -2.59. The second kappa shape index (κ2) is 14.4. The summed E-state index contributed by atoms with van der Waals surface area (Å²) in [6.07, 6.45) is 7.33. The average Bonchev–Trinajstić information content (AvgIpc) is 3.69. The van der Waals surface area contributed by atoms with Crippen LogP contribution < -0.4 is 10.2 Å². The number of likely N-dealkylation sites (tertiary alicyclic amines) is 1. The molecule has 5 atom stereocenters. The number of amides is 1. The number of rotatable bonds is 6. The number of nitrogens with zero attached hydrogens (tertiary/aromatic N) is 7. The molecular weight excluding hydrogens is 707 g/mol. The number of benzene rings is 2. The van der Waals surface area contributed by atoms with Crippen LogP contribution in [0, 0.1) is 18.7 Å². The van der Waals surface area contributed by atoms with Crippen molar-refractivity contribution in [3.8, 4) is 11.1 Å². The highest BCUT2D eigenvalue weighted by Crippen LogP contribution is 2.44. The maximum atomic E-state index is 17.6. The van der Waals surface area contributed by atoms with Crippen LogP contribution in [0.5, 0.6) is 0 Å². The number of carbonyl (C=O) groups excluding carboxylic acids is 1. The molecule has 4 aliphatic rings. The van der Waals surface area contributed by atoms with Gasteiger partial charge in [0, 0.05) is 66.8 Å². The number of anilines is 2. The minimum absolute atomic E-state index is 0.165. The first-order valence-electron chi connectivity index (χ1n) is 19.8. The first-order chi connectivity index (χ1) is 25.8. The number of aromatic nitrogens is 4. The zero-order valence-electron chi connectivity index (χ0n) is 32.7. The van der Waals surface area contributed by atoms with Crippen LogP contribution in [-0.4, -0.2) is 98.2 Å². The summed E-state index contributed by atoms with van der Waals surface area (Å²) in [6.45, 7) is 17.6. The summed E-state index contributed by atoms with van der Waals surface area (Å²) in [5.74, 6) is 1.27. The molecule has 1 saturated carbocycles. The van der Waals surface area contributed by atoms with Crippen molar-refractivity contribution in [3.05, 3.63) is 40.8 Å². The van der Waals surface area contributed by atoms with Crippen molar-refractivity contribution >= 4 is 51.3 Å². The molecule has 5 heterocycles. The van der Waals surface area contributed by atoms with Crippen LogP contribution in [0.1, 0.15) is 91.9 Å². The van der Waals surface area contributed by atoms with Gasteiger partial charge in [-0.05, 0) is 97.6 Å². The van der Waals surface area contributed by atoms with Crippen molar-refractivity contribution < 1.29 is 18.7 Å². The van der Waals surface area contributed by atoms with Crippen molar-refractivity contribution in [1.29, 1.82) is 0 Å². The van der Waals surface area contributed by atoms with E-state index < -0.39 is 11.4 Å². The minimum atomic E-state index is -0.611. The predicted molar refractivity (Wildman–Crippen MR) is 212 cm³/mol. The maximum Gasteiger partial charge on any atom is 0.410 e. The van der Waals surface area contributed by atoms with Gasteiger partial charge >= 0.3 is 6.09 Å². The maximum absolute atomic E-state index is 17.6. The lowest BCUT2D eigenvalue weighted by molar-refractivity contribution is -0.0366. The number of hydrogen-bond donors (Lipinski definition) is 1. The van der Waals surface area contributed by atoms with Crippen molar-refractivity contribution in [2.45, 2.75) is 123 Å². The van der Waals surface area contributed by atoms with E-state index in [1.807, 2.05) is 70.6 Å². The third-order valence-corrected chi connectivity index (χ3v) is 12.0. The first kappa shape index (κ1) is 37.2. The van der Waals surface area contributed by atoms with E-state index in [0.717, 1.165) is 67.6 Å². The molecule has 0 spiro atoms. The predicted octanol–water partition coefficient (Wildman–Crippen LogP) is 8.57. The fourth-order valence-electron chi connectivity index (χ4n) is 8.95. The molecule has 2 aromatic heterocycles. The lowest BCUT2D eigenvalue weighted by Gasteiger charge is -2.45. The Labute approximate surface area is 322 Å². The summed E-state index contributed by atoms with van der Waals surface area (Å²) in [4.78, 5) is 29.9. The summed E-state index contributed by atoms with van der Waals surface area (Å²) >= 11 is 7.20. The Morgan fingerprint density at radius 2 is 1.76 bits per heavy atom. The molecule has 4 aromatic rings. The van der Waals surface area contributed by atoms with Gasteiger partial charge in [-0.15, -0.1) is 0 Å². The molecule has 8 rings (SSSR count). The second-order valence-electron chi connectivity index (χ2n) is 17.1. The van der Waals surface area contributed by atoms with E-state index in [-0.39, 0.29) is 41.0 Å². The van der Waals surface area contributed by atoms with Crippen LogP contribution in [-0.2, 0) is 9.47 Å². The minimum Gasteiger partial charge on any atom is -0.444 e. The highest BCUT2D eigenvalue weighted by atomic mass is 35.5. The van der Waals surface area contributed by atoms with Crippen LogP contribution >= 0.6 is 11.6 Å². The summed E-state index contributed by atoms with van der Waals surface area (Å²) < 4.78 is 31.5. The van der Waals surface area contributed by atoms with E-state index in [1.54, 1.807) is 4.90 Å². The molecule has 13 heteroatoms. The zero-order valence-corrected chi connectivity index (χ0v) is 33.4. The summed E-state index contributed by atoms with van der Waals surface area (Å²) in [5.41, 5.74) is 2.26. The first-order valence-corrected chi connectivity index (χ1v) is 20.2. The van der Waals surface area contributed by atoms with Gasteiger partial charge in [0.25, 0.3) is 0 Å². The SMILES string of the molecule is Cc1ccc2cnn(C3CCCCO3)c2c1-c1c(Cl)cc2c(N3C[C@@H](C)N(C(=O)OC(C)(C)C)[C@@H](C)C3)nc(NC3CCN(C4C[C@H]4C)CC3)nc2c1F. The van der Waals surface area contributed by atoms with Gasteiger partial charge in [0.05, 0.1) is 28.8 Å². The second-order valence-corrected chi connectivity index (χ2v) is 17.6. The monoisotopic (exact) mass is 760 g/mol. The van der Waals surface area contributed by atoms with Crippen LogP contribution in [0.25, 0.3) is 32.9 Å². The van der Waals surface area contributed by atoms with Crippen molar-refractivity contribution in [2.75, 3.05) is 43.0 Å². The van der Waals surface area contributed by atoms with E-state index >= 15 is 4.39 Å². The number of carbonyl (C=O) groups is 1. The number of fused-ring (bicyclic) bond motifs is 2. The summed E-state index contributed by atoms with van der Waals surface area (Å²) in [7, 11) is 0. The largest absolute Gasteiger partial charge is 0.444 e. The topological polar surface area (TPSA) is 101 Å². The molecule has 0 radical (unpaired) electrons. The fourth-order valence-corrected chi connectivity index (χ4v) is 9.23. The molecule has 54 heavy (non-hydrogen) atoms. The third kappa shape index (κ3) is 7.09. The number of piperazine rings is 1. The van der Waals surface area contributed by atoms with Gasteiger partial charge in [-0.3, -0.25) is 9.80 Å². The van der Waals surface area contributed by atoms with Crippen LogP contribution in [0.15, 0.2) is 24.4 Å². The van der Waals surface area contributed by atoms with Crippen LogP contribution in [0.3, 0.4) is 0 Å². The van der Waals surface area contributed by atoms with Gasteiger partial charge in [0.2, 0.25) is 5.95 Å². The van der Waals surface area contributed by atoms with Gasteiger partial charge in [-0.1, -0.05) is 30.7 Å². The average molecular weight is 761 g/mol. The molecule has 2 aromatic carbocycles. The number of aryl methyl sites for hydroxylation is 1. The van der Waals surface area contributed by atoms with E-state index in [9.17, 15) is 4.79 Å². The van der Waals surface area contributed by atoms with Crippen LogP contribution in [0.4, 0.5) is 21.0 Å². The Balaban J connectivity index is 1.21. The molecule has 3 saturated heterocycles. The summed E-state index contributed by atoms with van der Waals surface area (Å²) in [5, 5.41) is 10.1. The van der Waals surface area contributed by atoms with Gasteiger partial charge in [-0.2, -0.15) is 10.1 Å². The molecule has 4 fully saturated rings. The highest BCUT2D eigenvalue weighted by Gasteiger charge is 2.40. The molecule has 3 aliphatic heterocycles. The lowest BCUT2D eigenvalue weighted by atomic mass is 9.95. The molecule has 1 N–H and O–H groups in total. The molecule has 0 bridgehead atoms. The molecule has 2 unspecified atom stereocenters. The van der Waals surface area contributed by atoms with E-state index in [2.05, 4.69) is 22.0 Å². The molecule has 1 amide bonds. The quantitative estimate of drug-likeness (QED) is 0.207. The molecule has 1 aliphatic carbocycles. The van der Waals surface area contributed by atoms with Crippen molar-refractivity contribution in [2.24, 2.45) is 5.92 Å². The Morgan fingerprint density at radius 1 is 1.04 bits per heavy atom. The molecule has 11 nitrogen and oxygen atoms in total. The summed E-state index contributed by atoms with van der Waals surface area (Å²) in [6, 6.07) is 6.30. The van der Waals surface area contributed by atoms with Gasteiger partial charge in [0.15, 0.2) is 12.0 Å². The van der Waals surface area contributed by atoms with E-state index in [0.29, 0.717) is 54.0 Å². The number of halogens is 2.